The van der Waals surface area contributed by atoms with Crippen LogP contribution in [0.2, 0.25) is 0 Å². The second-order valence-electron chi connectivity index (χ2n) is 5.73. The number of amides is 2. The lowest BCUT2D eigenvalue weighted by atomic mass is 10.2. The summed E-state index contributed by atoms with van der Waals surface area (Å²) in [5, 5.41) is 5.39. The molecule has 0 aliphatic carbocycles. The number of nitrogens with zero attached hydrogens (tertiary/aromatic N) is 1. The molecule has 132 valence electrons. The Morgan fingerprint density at radius 1 is 1.04 bits per heavy atom. The van der Waals surface area contributed by atoms with E-state index < -0.39 is 0 Å². The van der Waals surface area contributed by atoms with Crippen LogP contribution in [-0.2, 0) is 11.3 Å². The fourth-order valence-electron chi connectivity index (χ4n) is 2.39. The third kappa shape index (κ3) is 5.61. The number of ether oxygens (including phenoxy) is 1. The van der Waals surface area contributed by atoms with E-state index in [0.717, 1.165) is 11.3 Å². The lowest BCUT2D eigenvalue weighted by Gasteiger charge is -2.16. The molecule has 2 N–H and O–H groups in total. The molecular weight excluding hydrogens is 318 g/mol. The van der Waals surface area contributed by atoms with Crippen molar-refractivity contribution in [3.05, 3.63) is 59.7 Å². The first kappa shape index (κ1) is 18.5. The standard InChI is InChI=1S/C19H23N3O3/c1-20-19(24)15-6-8-16(9-7-15)21-18(23)13-22(2)12-14-4-10-17(25-3)11-5-14/h4-11H,12-13H2,1-3H3,(H,20,24)(H,21,23). The van der Waals surface area contributed by atoms with Gasteiger partial charge >= 0.3 is 0 Å². The summed E-state index contributed by atoms with van der Waals surface area (Å²) in [6.45, 7) is 0.927. The molecule has 6 heteroatoms. The summed E-state index contributed by atoms with van der Waals surface area (Å²) in [6.07, 6.45) is 0. The van der Waals surface area contributed by atoms with Crippen molar-refractivity contribution in [3.63, 3.8) is 0 Å². The molecule has 2 aromatic carbocycles. The Kier molecular flexibility index (Phi) is 6.54. The van der Waals surface area contributed by atoms with Gasteiger partial charge in [0.2, 0.25) is 5.91 Å². The highest BCUT2D eigenvalue weighted by atomic mass is 16.5. The summed E-state index contributed by atoms with van der Waals surface area (Å²) in [7, 11) is 5.10. The van der Waals surface area contributed by atoms with E-state index in [9.17, 15) is 9.59 Å². The average molecular weight is 341 g/mol. The topological polar surface area (TPSA) is 70.7 Å². The van der Waals surface area contributed by atoms with E-state index in [1.807, 2.05) is 36.2 Å². The van der Waals surface area contributed by atoms with E-state index in [1.54, 1.807) is 38.4 Å². The highest BCUT2D eigenvalue weighted by Crippen LogP contribution is 2.13. The highest BCUT2D eigenvalue weighted by molar-refractivity contribution is 5.96. The van der Waals surface area contributed by atoms with Gasteiger partial charge in [0.1, 0.15) is 5.75 Å². The van der Waals surface area contributed by atoms with Gasteiger partial charge in [-0.05, 0) is 49.0 Å². The van der Waals surface area contributed by atoms with Crippen LogP contribution in [0, 0.1) is 0 Å². The number of hydrogen-bond acceptors (Lipinski definition) is 4. The zero-order chi connectivity index (χ0) is 18.2. The molecule has 0 radical (unpaired) electrons. The molecule has 25 heavy (non-hydrogen) atoms. The Labute approximate surface area is 147 Å². The number of methoxy groups -OCH3 is 1. The van der Waals surface area contributed by atoms with E-state index in [-0.39, 0.29) is 18.4 Å². The van der Waals surface area contributed by atoms with Gasteiger partial charge in [-0.25, -0.2) is 0 Å². The summed E-state index contributed by atoms with van der Waals surface area (Å²) in [6, 6.07) is 14.5. The van der Waals surface area contributed by atoms with Crippen LogP contribution in [0.3, 0.4) is 0 Å². The quantitative estimate of drug-likeness (QED) is 0.809. The number of anilines is 1. The first-order valence-corrected chi connectivity index (χ1v) is 7.95. The summed E-state index contributed by atoms with van der Waals surface area (Å²) in [5.41, 5.74) is 2.32. The third-order valence-electron chi connectivity index (χ3n) is 3.68. The van der Waals surface area contributed by atoms with Crippen molar-refractivity contribution in [2.75, 3.05) is 33.1 Å². The van der Waals surface area contributed by atoms with Crippen molar-refractivity contribution in [3.8, 4) is 5.75 Å². The summed E-state index contributed by atoms with van der Waals surface area (Å²) in [5.74, 6) is 0.546. The first-order chi connectivity index (χ1) is 12.0. The van der Waals surface area contributed by atoms with Gasteiger partial charge in [-0.2, -0.15) is 0 Å². The predicted molar refractivity (Wildman–Crippen MR) is 97.8 cm³/mol. The summed E-state index contributed by atoms with van der Waals surface area (Å²) < 4.78 is 5.13. The van der Waals surface area contributed by atoms with Crippen LogP contribution in [0.5, 0.6) is 5.75 Å². The molecule has 0 aliphatic heterocycles. The van der Waals surface area contributed by atoms with Crippen LogP contribution < -0.4 is 15.4 Å². The van der Waals surface area contributed by atoms with Crippen molar-refractivity contribution in [2.45, 2.75) is 6.54 Å². The SMILES string of the molecule is CNC(=O)c1ccc(NC(=O)CN(C)Cc2ccc(OC)cc2)cc1. The van der Waals surface area contributed by atoms with Gasteiger partial charge in [-0.1, -0.05) is 12.1 Å². The van der Waals surface area contributed by atoms with Crippen molar-refractivity contribution < 1.29 is 14.3 Å². The second kappa shape index (κ2) is 8.84. The zero-order valence-corrected chi connectivity index (χ0v) is 14.7. The third-order valence-corrected chi connectivity index (χ3v) is 3.68. The Balaban J connectivity index is 1.85. The lowest BCUT2D eigenvalue weighted by molar-refractivity contribution is -0.117. The first-order valence-electron chi connectivity index (χ1n) is 7.95. The Morgan fingerprint density at radius 3 is 2.24 bits per heavy atom. The van der Waals surface area contributed by atoms with Gasteiger partial charge in [0.25, 0.3) is 5.91 Å². The fraction of sp³-hybridized carbons (Fsp3) is 0.263. The number of benzene rings is 2. The maximum absolute atomic E-state index is 12.1. The molecule has 0 aromatic heterocycles. The maximum atomic E-state index is 12.1. The van der Waals surface area contributed by atoms with Gasteiger partial charge in [-0.3, -0.25) is 14.5 Å². The van der Waals surface area contributed by atoms with Gasteiger partial charge < -0.3 is 15.4 Å². The van der Waals surface area contributed by atoms with Crippen LogP contribution in [0.4, 0.5) is 5.69 Å². The number of carbonyl (C=O) groups is 2. The lowest BCUT2D eigenvalue weighted by Crippen LogP contribution is -2.29. The molecule has 2 aromatic rings. The second-order valence-corrected chi connectivity index (χ2v) is 5.73. The largest absolute Gasteiger partial charge is 0.497 e. The smallest absolute Gasteiger partial charge is 0.251 e. The molecule has 0 unspecified atom stereocenters. The molecule has 0 fully saturated rings. The number of rotatable bonds is 7. The molecule has 0 spiro atoms. The predicted octanol–water partition coefficient (Wildman–Crippen LogP) is 2.13. The van der Waals surface area contributed by atoms with Crippen LogP contribution in [0.15, 0.2) is 48.5 Å². The molecule has 0 bridgehead atoms. The van der Waals surface area contributed by atoms with E-state index in [4.69, 9.17) is 4.74 Å². The van der Waals surface area contributed by atoms with Gasteiger partial charge in [-0.15, -0.1) is 0 Å². The van der Waals surface area contributed by atoms with E-state index in [1.165, 1.54) is 0 Å². The summed E-state index contributed by atoms with van der Waals surface area (Å²) in [4.78, 5) is 25.6. The van der Waals surface area contributed by atoms with Crippen LogP contribution in [0.1, 0.15) is 15.9 Å². The van der Waals surface area contributed by atoms with Crippen molar-refractivity contribution in [1.82, 2.24) is 10.2 Å². The van der Waals surface area contributed by atoms with Gasteiger partial charge in [0, 0.05) is 24.8 Å². The average Bonchev–Trinajstić information content (AvgIpc) is 2.62. The molecule has 0 aliphatic rings. The number of carbonyl (C=O) groups excluding carboxylic acids is 2. The Bertz CT molecular complexity index is 712. The number of hydrogen-bond donors (Lipinski definition) is 2. The highest BCUT2D eigenvalue weighted by Gasteiger charge is 2.09. The fourth-order valence-corrected chi connectivity index (χ4v) is 2.39. The monoisotopic (exact) mass is 341 g/mol. The maximum Gasteiger partial charge on any atom is 0.251 e. The van der Waals surface area contributed by atoms with Crippen molar-refractivity contribution in [1.29, 1.82) is 0 Å². The summed E-state index contributed by atoms with van der Waals surface area (Å²) >= 11 is 0. The minimum absolute atomic E-state index is 0.108. The van der Waals surface area contributed by atoms with Crippen LogP contribution in [-0.4, -0.2) is 44.5 Å². The molecule has 0 heterocycles. The Morgan fingerprint density at radius 2 is 1.68 bits per heavy atom. The van der Waals surface area contributed by atoms with E-state index >= 15 is 0 Å². The zero-order valence-electron chi connectivity index (χ0n) is 14.7. The molecule has 2 amide bonds. The molecule has 0 saturated heterocycles. The van der Waals surface area contributed by atoms with Crippen molar-refractivity contribution in [2.24, 2.45) is 0 Å². The van der Waals surface area contributed by atoms with Crippen LogP contribution in [0.25, 0.3) is 0 Å². The normalized spacial score (nSPS) is 10.4. The van der Waals surface area contributed by atoms with E-state index in [2.05, 4.69) is 10.6 Å². The molecule has 0 atom stereocenters. The molecule has 6 nitrogen and oxygen atoms in total. The van der Waals surface area contributed by atoms with Gasteiger partial charge in [0.05, 0.1) is 13.7 Å². The molecule has 2 rings (SSSR count). The van der Waals surface area contributed by atoms with Crippen LogP contribution >= 0.6 is 0 Å². The minimum Gasteiger partial charge on any atom is -0.497 e. The Hall–Kier alpha value is -2.86. The van der Waals surface area contributed by atoms with Gasteiger partial charge in [0.15, 0.2) is 0 Å². The number of nitrogens with one attached hydrogen (secondary N) is 2. The van der Waals surface area contributed by atoms with E-state index in [0.29, 0.717) is 17.8 Å². The minimum atomic E-state index is -0.155. The molecular formula is C19H23N3O3. The number of likely N-dealkylation sites (N-methyl/N-ethyl adjacent to an activating group) is 1. The molecule has 0 saturated carbocycles. The van der Waals surface area contributed by atoms with Crippen molar-refractivity contribution >= 4 is 17.5 Å².